The molecule has 1 unspecified atom stereocenters. The average Bonchev–Trinajstić information content (AvgIpc) is 2.51. The van der Waals surface area contributed by atoms with Crippen LogP contribution in [-0.4, -0.2) is 18.2 Å². The molecular formula is C17H15F3O3. The SMILES string of the molecule is COc1ccccc1C(Cc1ccccc1C(F)(F)F)C(=O)O. The van der Waals surface area contributed by atoms with Gasteiger partial charge in [0.25, 0.3) is 0 Å². The van der Waals surface area contributed by atoms with Crippen molar-refractivity contribution in [2.24, 2.45) is 0 Å². The van der Waals surface area contributed by atoms with Crippen LogP contribution in [0.4, 0.5) is 13.2 Å². The van der Waals surface area contributed by atoms with Crippen LogP contribution in [0.3, 0.4) is 0 Å². The van der Waals surface area contributed by atoms with E-state index in [2.05, 4.69) is 0 Å². The molecule has 6 heteroatoms. The zero-order valence-corrected chi connectivity index (χ0v) is 12.3. The number of carboxylic acids is 1. The van der Waals surface area contributed by atoms with Crippen molar-refractivity contribution in [3.63, 3.8) is 0 Å². The maximum absolute atomic E-state index is 13.1. The van der Waals surface area contributed by atoms with Gasteiger partial charge in [0, 0.05) is 5.56 Å². The van der Waals surface area contributed by atoms with Crippen LogP contribution in [0.25, 0.3) is 0 Å². The van der Waals surface area contributed by atoms with Crippen molar-refractivity contribution in [2.45, 2.75) is 18.5 Å². The molecule has 2 aromatic carbocycles. The number of rotatable bonds is 5. The fourth-order valence-electron chi connectivity index (χ4n) is 2.48. The van der Waals surface area contributed by atoms with E-state index in [4.69, 9.17) is 4.74 Å². The van der Waals surface area contributed by atoms with Gasteiger partial charge in [0.1, 0.15) is 5.75 Å². The van der Waals surface area contributed by atoms with Crippen LogP contribution >= 0.6 is 0 Å². The molecule has 1 atom stereocenters. The summed E-state index contributed by atoms with van der Waals surface area (Å²) in [5.41, 5.74) is -0.529. The van der Waals surface area contributed by atoms with E-state index in [9.17, 15) is 23.1 Å². The Bertz CT molecular complexity index is 695. The molecule has 122 valence electrons. The summed E-state index contributed by atoms with van der Waals surface area (Å²) >= 11 is 0. The molecule has 0 amide bonds. The highest BCUT2D eigenvalue weighted by atomic mass is 19.4. The quantitative estimate of drug-likeness (QED) is 0.900. The van der Waals surface area contributed by atoms with Gasteiger partial charge in [-0.3, -0.25) is 4.79 Å². The first-order valence-electron chi connectivity index (χ1n) is 6.85. The van der Waals surface area contributed by atoms with Crippen LogP contribution in [0.5, 0.6) is 5.75 Å². The molecular weight excluding hydrogens is 309 g/mol. The third-order valence-corrected chi connectivity index (χ3v) is 3.56. The summed E-state index contributed by atoms with van der Waals surface area (Å²) in [5, 5.41) is 9.46. The largest absolute Gasteiger partial charge is 0.496 e. The molecule has 0 fully saturated rings. The minimum absolute atomic E-state index is 0.0571. The highest BCUT2D eigenvalue weighted by Gasteiger charge is 2.34. The maximum atomic E-state index is 13.1. The molecule has 0 aliphatic rings. The lowest BCUT2D eigenvalue weighted by Crippen LogP contribution is -2.18. The molecule has 2 aromatic rings. The fourth-order valence-corrected chi connectivity index (χ4v) is 2.48. The first-order chi connectivity index (χ1) is 10.8. The summed E-state index contributed by atoms with van der Waals surface area (Å²) in [5.74, 6) is -1.99. The van der Waals surface area contributed by atoms with Gasteiger partial charge in [-0.25, -0.2) is 0 Å². The molecule has 0 radical (unpaired) electrons. The van der Waals surface area contributed by atoms with Crippen LogP contribution in [0.2, 0.25) is 0 Å². The topological polar surface area (TPSA) is 46.5 Å². The van der Waals surface area contributed by atoms with Crippen molar-refractivity contribution in [1.29, 1.82) is 0 Å². The number of hydrogen-bond acceptors (Lipinski definition) is 2. The zero-order valence-electron chi connectivity index (χ0n) is 12.3. The van der Waals surface area contributed by atoms with Gasteiger partial charge >= 0.3 is 12.1 Å². The summed E-state index contributed by atoms with van der Waals surface area (Å²) in [6, 6.07) is 11.4. The van der Waals surface area contributed by atoms with Crippen molar-refractivity contribution < 1.29 is 27.8 Å². The number of benzene rings is 2. The predicted octanol–water partition coefficient (Wildman–Crippen LogP) is 4.12. The van der Waals surface area contributed by atoms with Crippen LogP contribution in [-0.2, 0) is 17.4 Å². The molecule has 0 heterocycles. The summed E-state index contributed by atoms with van der Waals surface area (Å²) < 4.78 is 44.4. The van der Waals surface area contributed by atoms with Gasteiger partial charge in [0.2, 0.25) is 0 Å². The standard InChI is InChI=1S/C17H15F3O3/c1-23-15-9-5-3-7-12(15)13(16(21)22)10-11-6-2-4-8-14(11)17(18,19)20/h2-9,13H,10H2,1H3,(H,21,22). The Hall–Kier alpha value is -2.50. The van der Waals surface area contributed by atoms with Crippen molar-refractivity contribution in [3.8, 4) is 5.75 Å². The number of ether oxygens (including phenoxy) is 1. The molecule has 23 heavy (non-hydrogen) atoms. The van der Waals surface area contributed by atoms with Gasteiger partial charge in [-0.15, -0.1) is 0 Å². The predicted molar refractivity (Wildman–Crippen MR) is 78.5 cm³/mol. The molecule has 1 N–H and O–H groups in total. The van der Waals surface area contributed by atoms with Crippen LogP contribution in [0.15, 0.2) is 48.5 Å². The van der Waals surface area contributed by atoms with E-state index in [1.54, 1.807) is 24.3 Å². The van der Waals surface area contributed by atoms with Crippen LogP contribution in [0.1, 0.15) is 22.6 Å². The van der Waals surface area contributed by atoms with Gasteiger partial charge in [0.15, 0.2) is 0 Å². The highest BCUT2D eigenvalue weighted by Crippen LogP contribution is 2.36. The second kappa shape index (κ2) is 6.73. The van der Waals surface area contributed by atoms with Crippen molar-refractivity contribution in [2.75, 3.05) is 7.11 Å². The lowest BCUT2D eigenvalue weighted by molar-refractivity contribution is -0.141. The number of carbonyl (C=O) groups is 1. The highest BCUT2D eigenvalue weighted by molar-refractivity contribution is 5.77. The second-order valence-corrected chi connectivity index (χ2v) is 4.99. The smallest absolute Gasteiger partial charge is 0.416 e. The summed E-state index contributed by atoms with van der Waals surface area (Å²) in [4.78, 5) is 11.6. The third kappa shape index (κ3) is 3.83. The van der Waals surface area contributed by atoms with E-state index in [1.807, 2.05) is 0 Å². The molecule has 0 saturated carbocycles. The maximum Gasteiger partial charge on any atom is 0.416 e. The number of alkyl halides is 3. The fraction of sp³-hybridized carbons (Fsp3) is 0.235. The Kier molecular flexibility index (Phi) is 4.93. The number of methoxy groups -OCH3 is 1. The Labute approximate surface area is 131 Å². The Morgan fingerprint density at radius 1 is 1.13 bits per heavy atom. The van der Waals surface area contributed by atoms with Gasteiger partial charge in [-0.1, -0.05) is 36.4 Å². The molecule has 0 aliphatic heterocycles. The minimum Gasteiger partial charge on any atom is -0.496 e. The normalized spacial score (nSPS) is 12.7. The first-order valence-corrected chi connectivity index (χ1v) is 6.85. The van der Waals surface area contributed by atoms with E-state index >= 15 is 0 Å². The van der Waals surface area contributed by atoms with Gasteiger partial charge in [-0.2, -0.15) is 13.2 Å². The molecule has 0 aliphatic carbocycles. The molecule has 0 saturated heterocycles. The average molecular weight is 324 g/mol. The van der Waals surface area contributed by atoms with Crippen molar-refractivity contribution in [3.05, 3.63) is 65.2 Å². The number of para-hydroxylation sites is 1. The number of aliphatic carboxylic acids is 1. The number of carboxylic acid groups (broad SMARTS) is 1. The van der Waals surface area contributed by atoms with Gasteiger partial charge < -0.3 is 9.84 Å². The minimum atomic E-state index is -4.53. The van der Waals surface area contributed by atoms with E-state index in [0.717, 1.165) is 6.07 Å². The van der Waals surface area contributed by atoms with Crippen molar-refractivity contribution >= 4 is 5.97 Å². The summed E-state index contributed by atoms with van der Waals surface area (Å²) in [7, 11) is 1.39. The molecule has 2 rings (SSSR count). The van der Waals surface area contributed by atoms with Gasteiger partial charge in [-0.05, 0) is 24.1 Å². The lowest BCUT2D eigenvalue weighted by atomic mass is 9.89. The van der Waals surface area contributed by atoms with Crippen molar-refractivity contribution in [1.82, 2.24) is 0 Å². The number of hydrogen-bond donors (Lipinski definition) is 1. The molecule has 0 bridgehead atoms. The molecule has 3 nitrogen and oxygen atoms in total. The van der Waals surface area contributed by atoms with Crippen LogP contribution < -0.4 is 4.74 Å². The monoisotopic (exact) mass is 324 g/mol. The first kappa shape index (κ1) is 16.9. The Morgan fingerprint density at radius 3 is 2.35 bits per heavy atom. The Morgan fingerprint density at radius 2 is 1.74 bits per heavy atom. The second-order valence-electron chi connectivity index (χ2n) is 4.99. The van der Waals surface area contributed by atoms with Gasteiger partial charge in [0.05, 0.1) is 18.6 Å². The summed E-state index contributed by atoms with van der Waals surface area (Å²) in [6.45, 7) is 0. The number of halogens is 3. The molecule has 0 aromatic heterocycles. The third-order valence-electron chi connectivity index (χ3n) is 3.56. The van der Waals surface area contributed by atoms with E-state index in [1.165, 1.54) is 25.3 Å². The lowest BCUT2D eigenvalue weighted by Gasteiger charge is -2.19. The molecule has 0 spiro atoms. The van der Waals surface area contributed by atoms with E-state index < -0.39 is 23.6 Å². The van der Waals surface area contributed by atoms with Crippen LogP contribution in [0, 0.1) is 0 Å². The zero-order chi connectivity index (χ0) is 17.0. The Balaban J connectivity index is 2.45. The van der Waals surface area contributed by atoms with E-state index in [0.29, 0.717) is 11.3 Å². The summed E-state index contributed by atoms with van der Waals surface area (Å²) in [6.07, 6.45) is -4.80. The van der Waals surface area contributed by atoms with E-state index in [-0.39, 0.29) is 12.0 Å².